The summed E-state index contributed by atoms with van der Waals surface area (Å²) in [5.41, 5.74) is 0.739. The van der Waals surface area contributed by atoms with Crippen LogP contribution in [-0.4, -0.2) is 60.1 Å². The number of hydrogen-bond acceptors (Lipinski definition) is 6. The Hall–Kier alpha value is -2.94. The highest BCUT2D eigenvalue weighted by molar-refractivity contribution is 7.80. The van der Waals surface area contributed by atoms with Gasteiger partial charge in [0, 0.05) is 24.7 Å². The van der Waals surface area contributed by atoms with E-state index in [1.807, 2.05) is 18.2 Å². The summed E-state index contributed by atoms with van der Waals surface area (Å²) in [5, 5.41) is 5.36. The number of nitrogens with zero attached hydrogens (tertiary/aromatic N) is 1. The molecule has 0 aliphatic carbocycles. The van der Waals surface area contributed by atoms with Gasteiger partial charge in [0.1, 0.15) is 11.8 Å². The Bertz CT molecular complexity index is 809. The van der Waals surface area contributed by atoms with Crippen LogP contribution in [0.15, 0.2) is 30.3 Å². The highest BCUT2D eigenvalue weighted by Gasteiger charge is 2.34. The number of nitrogens with one attached hydrogen (secondary N) is 2. The molecule has 2 rings (SSSR count). The van der Waals surface area contributed by atoms with Gasteiger partial charge in [-0.2, -0.15) is 0 Å². The van der Waals surface area contributed by atoms with Gasteiger partial charge in [-0.3, -0.25) is 19.7 Å². The van der Waals surface area contributed by atoms with Gasteiger partial charge < -0.3 is 19.7 Å². The molecule has 0 spiro atoms. The minimum absolute atomic E-state index is 0.0804. The lowest BCUT2D eigenvalue weighted by atomic mass is 10.1. The van der Waals surface area contributed by atoms with Crippen molar-refractivity contribution in [3.63, 3.8) is 0 Å². The number of benzene rings is 1. The SMILES string of the molecule is COc1ccccc1/C=C/C(=O)NC(=S)N1CCNC(=O)C1CC(=O)OC(C)C. The Kier molecular flexibility index (Phi) is 8.14. The first kappa shape index (κ1) is 22.4. The molecule has 8 nitrogen and oxygen atoms in total. The van der Waals surface area contributed by atoms with E-state index in [9.17, 15) is 14.4 Å². The molecule has 1 fully saturated rings. The summed E-state index contributed by atoms with van der Waals surface area (Å²) in [6.45, 7) is 4.20. The van der Waals surface area contributed by atoms with Crippen molar-refractivity contribution in [1.82, 2.24) is 15.5 Å². The van der Waals surface area contributed by atoms with E-state index in [4.69, 9.17) is 21.7 Å². The average Bonchev–Trinajstić information content (AvgIpc) is 2.67. The third-order valence-corrected chi connectivity index (χ3v) is 4.44. The van der Waals surface area contributed by atoms with Gasteiger partial charge >= 0.3 is 5.97 Å². The van der Waals surface area contributed by atoms with Gasteiger partial charge in [0.2, 0.25) is 11.8 Å². The van der Waals surface area contributed by atoms with Gasteiger partial charge in [0.25, 0.3) is 0 Å². The molecule has 0 saturated carbocycles. The molecule has 29 heavy (non-hydrogen) atoms. The van der Waals surface area contributed by atoms with Crippen molar-refractivity contribution >= 4 is 41.2 Å². The molecule has 2 amide bonds. The van der Waals surface area contributed by atoms with E-state index in [1.165, 1.54) is 11.0 Å². The van der Waals surface area contributed by atoms with Crippen molar-refractivity contribution in [2.24, 2.45) is 0 Å². The van der Waals surface area contributed by atoms with Gasteiger partial charge in [-0.25, -0.2) is 0 Å². The molecule has 0 radical (unpaired) electrons. The number of para-hydroxylation sites is 1. The summed E-state index contributed by atoms with van der Waals surface area (Å²) in [6.07, 6.45) is 2.50. The number of thiocarbonyl (C=S) groups is 1. The Morgan fingerprint density at radius 3 is 2.79 bits per heavy atom. The molecular weight excluding hydrogens is 394 g/mol. The summed E-state index contributed by atoms with van der Waals surface area (Å²) in [7, 11) is 1.55. The van der Waals surface area contributed by atoms with E-state index in [0.717, 1.165) is 5.56 Å². The summed E-state index contributed by atoms with van der Waals surface area (Å²) >= 11 is 5.30. The molecule has 9 heteroatoms. The lowest BCUT2D eigenvalue weighted by Gasteiger charge is -2.36. The number of methoxy groups -OCH3 is 1. The predicted octanol–water partition coefficient (Wildman–Crippen LogP) is 1.25. The molecule has 1 aromatic rings. The molecule has 1 atom stereocenters. The fourth-order valence-corrected chi connectivity index (χ4v) is 3.14. The second-order valence-electron chi connectivity index (χ2n) is 6.61. The van der Waals surface area contributed by atoms with Crippen molar-refractivity contribution in [2.75, 3.05) is 20.2 Å². The molecule has 1 aliphatic heterocycles. The van der Waals surface area contributed by atoms with E-state index in [2.05, 4.69) is 10.6 Å². The molecule has 156 valence electrons. The van der Waals surface area contributed by atoms with Crippen LogP contribution in [0, 0.1) is 0 Å². The topological polar surface area (TPSA) is 97.0 Å². The summed E-state index contributed by atoms with van der Waals surface area (Å²) in [4.78, 5) is 38.0. The number of piperazine rings is 1. The van der Waals surface area contributed by atoms with Crippen LogP contribution in [0.5, 0.6) is 5.75 Å². The van der Waals surface area contributed by atoms with Crippen LogP contribution in [0.1, 0.15) is 25.8 Å². The molecule has 1 aromatic carbocycles. The first-order valence-corrected chi connectivity index (χ1v) is 9.62. The largest absolute Gasteiger partial charge is 0.496 e. The predicted molar refractivity (Wildman–Crippen MR) is 112 cm³/mol. The van der Waals surface area contributed by atoms with Crippen molar-refractivity contribution < 1.29 is 23.9 Å². The Morgan fingerprint density at radius 2 is 2.10 bits per heavy atom. The average molecular weight is 420 g/mol. The zero-order valence-corrected chi connectivity index (χ0v) is 17.5. The highest BCUT2D eigenvalue weighted by atomic mass is 32.1. The molecule has 0 aromatic heterocycles. The number of esters is 1. The summed E-state index contributed by atoms with van der Waals surface area (Å²) < 4.78 is 10.4. The maximum absolute atomic E-state index is 12.3. The van der Waals surface area contributed by atoms with Gasteiger partial charge in [-0.1, -0.05) is 18.2 Å². The maximum atomic E-state index is 12.3. The van der Waals surface area contributed by atoms with Gasteiger partial charge in [-0.05, 0) is 38.2 Å². The lowest BCUT2D eigenvalue weighted by Crippen LogP contribution is -2.60. The molecule has 1 unspecified atom stereocenters. The van der Waals surface area contributed by atoms with E-state index >= 15 is 0 Å². The number of rotatable bonds is 6. The van der Waals surface area contributed by atoms with Crippen LogP contribution in [-0.2, 0) is 19.1 Å². The zero-order valence-electron chi connectivity index (χ0n) is 16.6. The van der Waals surface area contributed by atoms with Crippen LogP contribution in [0.3, 0.4) is 0 Å². The first-order chi connectivity index (χ1) is 13.8. The van der Waals surface area contributed by atoms with Crippen molar-refractivity contribution in [1.29, 1.82) is 0 Å². The van der Waals surface area contributed by atoms with Crippen LogP contribution in [0.4, 0.5) is 0 Å². The minimum Gasteiger partial charge on any atom is -0.496 e. The highest BCUT2D eigenvalue weighted by Crippen LogP contribution is 2.18. The second-order valence-corrected chi connectivity index (χ2v) is 7.00. The normalized spacial score (nSPS) is 16.5. The minimum atomic E-state index is -0.832. The number of ether oxygens (including phenoxy) is 2. The van der Waals surface area contributed by atoms with Crippen LogP contribution in [0.2, 0.25) is 0 Å². The third-order valence-electron chi connectivity index (χ3n) is 4.10. The van der Waals surface area contributed by atoms with Crippen LogP contribution >= 0.6 is 12.2 Å². The summed E-state index contributed by atoms with van der Waals surface area (Å²) in [6, 6.07) is 6.43. The molecule has 1 saturated heterocycles. The van der Waals surface area contributed by atoms with E-state index < -0.39 is 17.9 Å². The van der Waals surface area contributed by atoms with E-state index in [-0.39, 0.29) is 23.5 Å². The second kappa shape index (κ2) is 10.6. The van der Waals surface area contributed by atoms with Gasteiger partial charge in [0.05, 0.1) is 19.6 Å². The number of amides is 2. The number of carbonyl (C=O) groups excluding carboxylic acids is 3. The Balaban J connectivity index is 2.02. The van der Waals surface area contributed by atoms with Crippen LogP contribution in [0.25, 0.3) is 6.08 Å². The quantitative estimate of drug-likeness (QED) is 0.407. The maximum Gasteiger partial charge on any atom is 0.308 e. The van der Waals surface area contributed by atoms with Crippen LogP contribution < -0.4 is 15.4 Å². The van der Waals surface area contributed by atoms with E-state index in [0.29, 0.717) is 18.8 Å². The number of hydrogen-bond donors (Lipinski definition) is 2. The lowest BCUT2D eigenvalue weighted by molar-refractivity contribution is -0.150. The van der Waals surface area contributed by atoms with Crippen molar-refractivity contribution in [3.05, 3.63) is 35.9 Å². The monoisotopic (exact) mass is 419 g/mol. The third kappa shape index (κ3) is 6.56. The molecule has 1 heterocycles. The standard InChI is InChI=1S/C20H25N3O5S/c1-13(2)28-18(25)12-15-19(26)21-10-11-23(15)20(29)22-17(24)9-8-14-6-4-5-7-16(14)27-3/h4-9,13,15H,10-12H2,1-3H3,(H,21,26)(H,22,24,29)/b9-8+. The zero-order chi connectivity index (χ0) is 21.4. The molecule has 2 N–H and O–H groups in total. The Labute approximate surface area is 175 Å². The summed E-state index contributed by atoms with van der Waals surface area (Å²) in [5.74, 6) is -0.652. The smallest absolute Gasteiger partial charge is 0.308 e. The van der Waals surface area contributed by atoms with Crippen molar-refractivity contribution in [3.8, 4) is 5.75 Å². The van der Waals surface area contributed by atoms with Gasteiger partial charge in [0.15, 0.2) is 5.11 Å². The Morgan fingerprint density at radius 1 is 1.38 bits per heavy atom. The molecular formula is C20H25N3O5S. The number of carbonyl (C=O) groups is 3. The molecule has 1 aliphatic rings. The fraction of sp³-hybridized carbons (Fsp3) is 0.400. The van der Waals surface area contributed by atoms with E-state index in [1.54, 1.807) is 33.1 Å². The molecule has 0 bridgehead atoms. The fourth-order valence-electron chi connectivity index (χ4n) is 2.82. The van der Waals surface area contributed by atoms with Crippen molar-refractivity contribution in [2.45, 2.75) is 32.4 Å². The van der Waals surface area contributed by atoms with Gasteiger partial charge in [-0.15, -0.1) is 0 Å². The first-order valence-electron chi connectivity index (χ1n) is 9.21.